The smallest absolute Gasteiger partial charge is 0.234 e. The summed E-state index contributed by atoms with van der Waals surface area (Å²) in [5.41, 5.74) is 3.02. The number of carbonyl (C=O) groups is 1. The first-order valence-corrected chi connectivity index (χ1v) is 10.1. The SMILES string of the molecule is CCc1ccccc1NC(=O)CSc1nnc(-c2ccncc2)n1C1CC1. The topological polar surface area (TPSA) is 72.7 Å². The van der Waals surface area contributed by atoms with Gasteiger partial charge in [-0.2, -0.15) is 0 Å². The van der Waals surface area contributed by atoms with Crippen molar-refractivity contribution in [3.8, 4) is 11.4 Å². The van der Waals surface area contributed by atoms with E-state index in [9.17, 15) is 4.79 Å². The molecule has 1 saturated carbocycles. The highest BCUT2D eigenvalue weighted by Gasteiger charge is 2.30. The number of hydrogen-bond acceptors (Lipinski definition) is 5. The molecule has 2 aromatic heterocycles. The third-order valence-electron chi connectivity index (χ3n) is 4.52. The summed E-state index contributed by atoms with van der Waals surface area (Å²) in [5, 5.41) is 12.5. The fourth-order valence-electron chi connectivity index (χ4n) is 3.00. The molecule has 1 aliphatic carbocycles. The average Bonchev–Trinajstić information content (AvgIpc) is 3.46. The highest BCUT2D eigenvalue weighted by atomic mass is 32.2. The van der Waals surface area contributed by atoms with Gasteiger partial charge in [0.05, 0.1) is 5.75 Å². The lowest BCUT2D eigenvalue weighted by Crippen LogP contribution is -2.15. The van der Waals surface area contributed by atoms with E-state index in [0.29, 0.717) is 11.8 Å². The third kappa shape index (κ3) is 4.03. The van der Waals surface area contributed by atoms with Crippen LogP contribution in [-0.2, 0) is 11.2 Å². The molecule has 0 bridgehead atoms. The van der Waals surface area contributed by atoms with Crippen molar-refractivity contribution < 1.29 is 4.79 Å². The van der Waals surface area contributed by atoms with Gasteiger partial charge in [0.1, 0.15) is 0 Å². The molecule has 27 heavy (non-hydrogen) atoms. The first kappa shape index (κ1) is 17.7. The van der Waals surface area contributed by atoms with Crippen molar-refractivity contribution >= 4 is 23.4 Å². The van der Waals surface area contributed by atoms with Crippen molar-refractivity contribution in [3.63, 3.8) is 0 Å². The number of rotatable bonds is 7. The minimum atomic E-state index is -0.0308. The van der Waals surface area contributed by atoms with Gasteiger partial charge in [-0.3, -0.25) is 14.3 Å². The quantitative estimate of drug-likeness (QED) is 0.629. The normalized spacial score (nSPS) is 13.5. The standard InChI is InChI=1S/C20H21N5OS/c1-2-14-5-3-4-6-17(14)22-18(26)13-27-20-24-23-19(25(20)16-7-8-16)15-9-11-21-12-10-15/h3-6,9-12,16H,2,7-8,13H2,1H3,(H,22,26). The summed E-state index contributed by atoms with van der Waals surface area (Å²) < 4.78 is 2.16. The molecule has 0 atom stereocenters. The van der Waals surface area contributed by atoms with Crippen LogP contribution in [-0.4, -0.2) is 31.4 Å². The summed E-state index contributed by atoms with van der Waals surface area (Å²) in [6, 6.07) is 12.2. The van der Waals surface area contributed by atoms with E-state index < -0.39 is 0 Å². The van der Waals surface area contributed by atoms with Crippen molar-refractivity contribution in [1.29, 1.82) is 0 Å². The van der Waals surface area contributed by atoms with E-state index in [0.717, 1.165) is 47.1 Å². The van der Waals surface area contributed by atoms with Gasteiger partial charge in [-0.05, 0) is 43.0 Å². The van der Waals surface area contributed by atoms with Gasteiger partial charge in [0.2, 0.25) is 5.91 Å². The van der Waals surface area contributed by atoms with Crippen LogP contribution < -0.4 is 5.32 Å². The third-order valence-corrected chi connectivity index (χ3v) is 5.46. The van der Waals surface area contributed by atoms with Crippen molar-refractivity contribution in [2.24, 2.45) is 0 Å². The fourth-order valence-corrected chi connectivity index (χ4v) is 3.81. The molecule has 138 valence electrons. The summed E-state index contributed by atoms with van der Waals surface area (Å²) in [5.74, 6) is 1.12. The van der Waals surface area contributed by atoms with Crippen LogP contribution in [0.15, 0.2) is 53.9 Å². The molecule has 0 aliphatic heterocycles. The zero-order valence-corrected chi connectivity index (χ0v) is 15.9. The Labute approximate surface area is 162 Å². The first-order chi connectivity index (χ1) is 13.3. The van der Waals surface area contributed by atoms with E-state index in [1.807, 2.05) is 36.4 Å². The van der Waals surface area contributed by atoms with Crippen molar-refractivity contribution in [3.05, 3.63) is 54.4 Å². The Hall–Kier alpha value is -2.67. The number of nitrogens with one attached hydrogen (secondary N) is 1. The van der Waals surface area contributed by atoms with Crippen LogP contribution >= 0.6 is 11.8 Å². The molecule has 1 amide bonds. The molecular formula is C20H21N5OS. The number of anilines is 1. The Bertz CT molecular complexity index is 937. The maximum absolute atomic E-state index is 12.4. The lowest BCUT2D eigenvalue weighted by Gasteiger charge is -2.10. The maximum Gasteiger partial charge on any atom is 0.234 e. The van der Waals surface area contributed by atoms with Gasteiger partial charge in [0, 0.05) is 29.7 Å². The number of hydrogen-bond donors (Lipinski definition) is 1. The van der Waals surface area contributed by atoms with E-state index in [2.05, 4.69) is 32.0 Å². The molecule has 0 spiro atoms. The number of carbonyl (C=O) groups excluding carboxylic acids is 1. The lowest BCUT2D eigenvalue weighted by atomic mass is 10.1. The largest absolute Gasteiger partial charge is 0.325 e. The highest BCUT2D eigenvalue weighted by Crippen LogP contribution is 2.40. The molecule has 6 nitrogen and oxygen atoms in total. The van der Waals surface area contributed by atoms with E-state index in [1.54, 1.807) is 12.4 Å². The second-order valence-electron chi connectivity index (χ2n) is 6.49. The van der Waals surface area contributed by atoms with E-state index in [-0.39, 0.29) is 5.91 Å². The minimum Gasteiger partial charge on any atom is -0.325 e. The lowest BCUT2D eigenvalue weighted by molar-refractivity contribution is -0.113. The molecule has 7 heteroatoms. The Morgan fingerprint density at radius 3 is 2.70 bits per heavy atom. The number of nitrogens with zero attached hydrogens (tertiary/aromatic N) is 4. The Morgan fingerprint density at radius 2 is 1.96 bits per heavy atom. The number of amides is 1. The minimum absolute atomic E-state index is 0.0308. The summed E-state index contributed by atoms with van der Waals surface area (Å²) in [6.07, 6.45) is 6.65. The van der Waals surface area contributed by atoms with Crippen LogP contribution in [0.2, 0.25) is 0 Å². The molecule has 1 aromatic carbocycles. The summed E-state index contributed by atoms with van der Waals surface area (Å²) >= 11 is 1.43. The summed E-state index contributed by atoms with van der Waals surface area (Å²) in [7, 11) is 0. The molecule has 4 rings (SSSR count). The zero-order valence-electron chi connectivity index (χ0n) is 15.1. The van der Waals surface area contributed by atoms with Gasteiger partial charge in [0.15, 0.2) is 11.0 Å². The van der Waals surface area contributed by atoms with Gasteiger partial charge >= 0.3 is 0 Å². The number of aryl methyl sites for hydroxylation is 1. The van der Waals surface area contributed by atoms with Crippen LogP contribution in [0.3, 0.4) is 0 Å². The van der Waals surface area contributed by atoms with E-state index in [1.165, 1.54) is 11.8 Å². The molecule has 3 aromatic rings. The van der Waals surface area contributed by atoms with E-state index in [4.69, 9.17) is 0 Å². The Kier molecular flexibility index (Phi) is 5.20. The van der Waals surface area contributed by atoms with Gasteiger partial charge in [0.25, 0.3) is 0 Å². The monoisotopic (exact) mass is 379 g/mol. The summed E-state index contributed by atoms with van der Waals surface area (Å²) in [4.78, 5) is 16.5. The average molecular weight is 379 g/mol. The van der Waals surface area contributed by atoms with Crippen LogP contribution in [0.4, 0.5) is 5.69 Å². The molecule has 1 N–H and O–H groups in total. The predicted octanol–water partition coefficient (Wildman–Crippen LogP) is 3.97. The molecule has 1 fully saturated rings. The highest BCUT2D eigenvalue weighted by molar-refractivity contribution is 7.99. The number of para-hydroxylation sites is 1. The van der Waals surface area contributed by atoms with Crippen molar-refractivity contribution in [2.45, 2.75) is 37.4 Å². The zero-order chi connectivity index (χ0) is 18.6. The molecule has 0 radical (unpaired) electrons. The number of thioether (sulfide) groups is 1. The molecular weight excluding hydrogens is 358 g/mol. The Balaban J connectivity index is 1.47. The molecule has 2 heterocycles. The second kappa shape index (κ2) is 7.92. The number of pyridine rings is 1. The number of aromatic nitrogens is 4. The van der Waals surface area contributed by atoms with Gasteiger partial charge in [-0.1, -0.05) is 36.9 Å². The fraction of sp³-hybridized carbons (Fsp3) is 0.300. The van der Waals surface area contributed by atoms with Crippen molar-refractivity contribution in [2.75, 3.05) is 11.1 Å². The van der Waals surface area contributed by atoms with Crippen LogP contribution in [0.1, 0.15) is 31.4 Å². The van der Waals surface area contributed by atoms with Crippen LogP contribution in [0.5, 0.6) is 0 Å². The predicted molar refractivity (Wildman–Crippen MR) is 107 cm³/mol. The van der Waals surface area contributed by atoms with Crippen LogP contribution in [0, 0.1) is 0 Å². The van der Waals surface area contributed by atoms with Crippen LogP contribution in [0.25, 0.3) is 11.4 Å². The van der Waals surface area contributed by atoms with Gasteiger partial charge in [-0.25, -0.2) is 0 Å². The van der Waals surface area contributed by atoms with Gasteiger partial charge < -0.3 is 5.32 Å². The molecule has 0 unspecified atom stereocenters. The van der Waals surface area contributed by atoms with E-state index >= 15 is 0 Å². The Morgan fingerprint density at radius 1 is 1.19 bits per heavy atom. The van der Waals surface area contributed by atoms with Crippen molar-refractivity contribution in [1.82, 2.24) is 19.7 Å². The second-order valence-corrected chi connectivity index (χ2v) is 7.43. The van der Waals surface area contributed by atoms with Gasteiger partial charge in [-0.15, -0.1) is 10.2 Å². The maximum atomic E-state index is 12.4. The molecule has 0 saturated heterocycles. The number of benzene rings is 1. The molecule has 1 aliphatic rings. The first-order valence-electron chi connectivity index (χ1n) is 9.12. The summed E-state index contributed by atoms with van der Waals surface area (Å²) in [6.45, 7) is 2.08.